The molecule has 0 aliphatic carbocycles. The molecule has 8 nitrogen and oxygen atoms in total. The van der Waals surface area contributed by atoms with Gasteiger partial charge in [-0.05, 0) is 48.6 Å². The number of carbonyl (C=O) groups excluding carboxylic acids is 1. The summed E-state index contributed by atoms with van der Waals surface area (Å²) in [4.78, 5) is 15.7. The molecule has 0 aromatic heterocycles. The van der Waals surface area contributed by atoms with Gasteiger partial charge in [0.2, 0.25) is 5.91 Å². The summed E-state index contributed by atoms with van der Waals surface area (Å²) in [7, 11) is 1.68. The summed E-state index contributed by atoms with van der Waals surface area (Å²) in [5, 5.41) is 10.4. The lowest BCUT2D eigenvalue weighted by Gasteiger charge is -2.36. The summed E-state index contributed by atoms with van der Waals surface area (Å²) < 4.78 is 5.27. The lowest BCUT2D eigenvalue weighted by molar-refractivity contribution is -0.113. The zero-order chi connectivity index (χ0) is 22.8. The van der Waals surface area contributed by atoms with Crippen molar-refractivity contribution in [3.05, 3.63) is 66.5 Å². The number of anilines is 1. The summed E-state index contributed by atoms with van der Waals surface area (Å²) in [6.07, 6.45) is 7.03. The van der Waals surface area contributed by atoms with Crippen LogP contribution in [0.4, 0.5) is 5.69 Å². The van der Waals surface area contributed by atoms with Crippen molar-refractivity contribution in [2.75, 3.05) is 24.4 Å². The Balaban J connectivity index is 1.17. The number of hydrazone groups is 1. The molecule has 1 amide bonds. The number of rotatable bonds is 6. The molecule has 33 heavy (non-hydrogen) atoms. The van der Waals surface area contributed by atoms with Crippen LogP contribution in [-0.2, 0) is 4.79 Å². The van der Waals surface area contributed by atoms with Gasteiger partial charge < -0.3 is 20.0 Å². The average molecular weight is 483 g/mol. The molecule has 1 saturated heterocycles. The molecule has 3 N–H and O–H groups in total. The highest BCUT2D eigenvalue weighted by Gasteiger charge is 2.44. The summed E-state index contributed by atoms with van der Waals surface area (Å²) in [6, 6.07) is 16.5. The van der Waals surface area contributed by atoms with Crippen molar-refractivity contribution < 1.29 is 9.53 Å². The van der Waals surface area contributed by atoms with E-state index in [1.807, 2.05) is 55.1 Å². The van der Waals surface area contributed by atoms with E-state index in [-0.39, 0.29) is 24.2 Å². The van der Waals surface area contributed by atoms with E-state index in [9.17, 15) is 4.79 Å². The lowest BCUT2D eigenvalue weighted by atomic mass is 10.00. The van der Waals surface area contributed by atoms with Crippen LogP contribution in [0.15, 0.2) is 70.9 Å². The topological polar surface area (TPSA) is 81.2 Å². The van der Waals surface area contributed by atoms with Gasteiger partial charge in [0.1, 0.15) is 11.9 Å². The van der Waals surface area contributed by atoms with E-state index in [1.165, 1.54) is 17.3 Å². The van der Waals surface area contributed by atoms with Crippen LogP contribution in [-0.4, -0.2) is 52.3 Å². The van der Waals surface area contributed by atoms with E-state index in [1.54, 1.807) is 18.9 Å². The smallest absolute Gasteiger partial charge is 0.234 e. The first kappa shape index (κ1) is 22.0. The second kappa shape index (κ2) is 9.58. The number of fused-ring (bicyclic) bond motifs is 3. The maximum atomic E-state index is 12.5. The number of hydrogen-bond acceptors (Lipinski definition) is 9. The maximum Gasteiger partial charge on any atom is 0.234 e. The molecule has 3 aliphatic heterocycles. The Labute approximate surface area is 201 Å². The number of nitrogens with zero attached hydrogens (tertiary/aromatic N) is 3. The molecular formula is C23H26N6O2S2. The van der Waals surface area contributed by atoms with Crippen molar-refractivity contribution in [3.63, 3.8) is 0 Å². The molecule has 0 bridgehead atoms. The molecule has 172 valence electrons. The predicted octanol–water partition coefficient (Wildman–Crippen LogP) is 3.40. The number of carbonyl (C=O) groups is 1. The molecule has 5 rings (SSSR count). The Morgan fingerprint density at radius 2 is 2.09 bits per heavy atom. The van der Waals surface area contributed by atoms with Gasteiger partial charge in [-0.2, -0.15) is 5.10 Å². The van der Waals surface area contributed by atoms with E-state index in [0.717, 1.165) is 27.9 Å². The first-order chi connectivity index (χ1) is 16.1. The Bertz CT molecular complexity index is 1080. The molecule has 10 heteroatoms. The Morgan fingerprint density at radius 1 is 1.24 bits per heavy atom. The van der Waals surface area contributed by atoms with Crippen LogP contribution >= 0.6 is 23.5 Å². The third-order valence-electron chi connectivity index (χ3n) is 5.91. The van der Waals surface area contributed by atoms with Gasteiger partial charge in [-0.3, -0.25) is 10.2 Å². The van der Waals surface area contributed by atoms with Crippen LogP contribution in [0.5, 0.6) is 5.75 Å². The number of hydrogen-bond donors (Lipinski definition) is 3. The summed E-state index contributed by atoms with van der Waals surface area (Å²) in [5.41, 5.74) is 8.88. The minimum atomic E-state index is -0.0471. The van der Waals surface area contributed by atoms with Crippen LogP contribution in [0.25, 0.3) is 0 Å². The fourth-order valence-electron chi connectivity index (χ4n) is 4.23. The van der Waals surface area contributed by atoms with Gasteiger partial charge >= 0.3 is 0 Å². The van der Waals surface area contributed by atoms with Gasteiger partial charge in [-0.1, -0.05) is 30.0 Å². The molecule has 2 aromatic carbocycles. The predicted molar refractivity (Wildman–Crippen MR) is 134 cm³/mol. The number of nitrogens with one attached hydrogen (secondary N) is 3. The minimum absolute atomic E-state index is 0.0228. The SMILES string of the molecule is COc1ccc(C2CC3C4NN=C(SCC(=O)Nc5cccc(SC)c5)N4C=CN3N2)cc1. The van der Waals surface area contributed by atoms with E-state index in [4.69, 9.17) is 4.74 Å². The lowest BCUT2D eigenvalue weighted by Crippen LogP contribution is -2.54. The third-order valence-corrected chi connectivity index (χ3v) is 7.60. The molecule has 0 radical (unpaired) electrons. The number of amidine groups is 1. The summed E-state index contributed by atoms with van der Waals surface area (Å²) in [5.74, 6) is 1.10. The first-order valence-electron chi connectivity index (χ1n) is 10.7. The van der Waals surface area contributed by atoms with Crippen molar-refractivity contribution in [3.8, 4) is 5.75 Å². The Kier molecular flexibility index (Phi) is 6.39. The highest BCUT2D eigenvalue weighted by molar-refractivity contribution is 8.14. The molecule has 3 unspecified atom stereocenters. The van der Waals surface area contributed by atoms with Gasteiger partial charge in [0.25, 0.3) is 0 Å². The van der Waals surface area contributed by atoms with Crippen LogP contribution in [0.3, 0.4) is 0 Å². The summed E-state index contributed by atoms with van der Waals surface area (Å²) in [6.45, 7) is 0. The standard InChI is InChI=1S/C23H26N6O2S2/c1-31-17-8-6-15(7-9-17)19-13-20-22-25-26-23(28(22)10-11-29(20)27-19)33-14-21(30)24-16-4-3-5-18(12-16)32-2/h3-12,19-20,22,25,27H,13-14H2,1-2H3,(H,24,30). The van der Waals surface area contributed by atoms with Crippen LogP contribution < -0.4 is 20.9 Å². The molecule has 3 heterocycles. The van der Waals surface area contributed by atoms with E-state index in [2.05, 4.69) is 43.3 Å². The van der Waals surface area contributed by atoms with Crippen molar-refractivity contribution >= 4 is 40.3 Å². The van der Waals surface area contributed by atoms with Crippen LogP contribution in [0.1, 0.15) is 18.0 Å². The molecule has 0 spiro atoms. The van der Waals surface area contributed by atoms with E-state index >= 15 is 0 Å². The monoisotopic (exact) mass is 482 g/mol. The number of amides is 1. The molecular weight excluding hydrogens is 456 g/mol. The van der Waals surface area contributed by atoms with E-state index in [0.29, 0.717) is 5.75 Å². The normalized spacial score (nSPS) is 23.0. The van der Waals surface area contributed by atoms with Crippen LogP contribution in [0, 0.1) is 0 Å². The molecule has 3 atom stereocenters. The van der Waals surface area contributed by atoms with Crippen molar-refractivity contribution in [1.29, 1.82) is 0 Å². The maximum absolute atomic E-state index is 12.5. The first-order valence-corrected chi connectivity index (χ1v) is 12.9. The van der Waals surface area contributed by atoms with Crippen molar-refractivity contribution in [2.24, 2.45) is 5.10 Å². The van der Waals surface area contributed by atoms with Crippen LogP contribution in [0.2, 0.25) is 0 Å². The minimum Gasteiger partial charge on any atom is -0.497 e. The number of hydrazine groups is 1. The average Bonchev–Trinajstić information content (AvgIpc) is 3.47. The molecule has 1 fully saturated rings. The fraction of sp³-hybridized carbons (Fsp3) is 0.304. The highest BCUT2D eigenvalue weighted by atomic mass is 32.2. The van der Waals surface area contributed by atoms with Gasteiger partial charge in [0.05, 0.1) is 24.9 Å². The number of benzene rings is 2. The molecule has 2 aromatic rings. The zero-order valence-corrected chi connectivity index (χ0v) is 20.0. The fourth-order valence-corrected chi connectivity index (χ4v) is 5.46. The second-order valence-electron chi connectivity index (χ2n) is 7.91. The number of methoxy groups -OCH3 is 1. The number of thioether (sulfide) groups is 2. The largest absolute Gasteiger partial charge is 0.497 e. The highest BCUT2D eigenvalue weighted by Crippen LogP contribution is 2.35. The third kappa shape index (κ3) is 4.64. The van der Waals surface area contributed by atoms with Gasteiger partial charge in [-0.25, -0.2) is 5.43 Å². The van der Waals surface area contributed by atoms with E-state index < -0.39 is 0 Å². The zero-order valence-electron chi connectivity index (χ0n) is 18.4. The van der Waals surface area contributed by atoms with Crippen molar-refractivity contribution in [2.45, 2.75) is 29.6 Å². The molecule has 3 aliphatic rings. The van der Waals surface area contributed by atoms with Gasteiger partial charge in [0.15, 0.2) is 5.17 Å². The van der Waals surface area contributed by atoms with Gasteiger partial charge in [-0.15, -0.1) is 11.8 Å². The second-order valence-corrected chi connectivity index (χ2v) is 9.73. The van der Waals surface area contributed by atoms with Gasteiger partial charge in [0, 0.05) is 23.0 Å². The number of ether oxygens (including phenoxy) is 1. The Morgan fingerprint density at radius 3 is 2.88 bits per heavy atom. The Hall–Kier alpha value is -2.82. The van der Waals surface area contributed by atoms with Crippen molar-refractivity contribution in [1.82, 2.24) is 20.8 Å². The quantitative estimate of drug-likeness (QED) is 0.541. The molecule has 0 saturated carbocycles. The summed E-state index contributed by atoms with van der Waals surface area (Å²) >= 11 is 3.09.